The highest BCUT2D eigenvalue weighted by Crippen LogP contribution is 2.25. The number of hydrogen-bond acceptors (Lipinski definition) is 7. The summed E-state index contributed by atoms with van der Waals surface area (Å²) in [5, 5.41) is 47.9. The standard InChI is InChI=1S/C15H17ClO8/c16-8-4-2-1-3-7(8)5-9(14(21)22)23-15-13(20)12(19)11(18)10(6-17)24-15/h1-5,10-13,15,17-20H,6H2,(H,21,22)/t10-,11+,12+,13-,15-/m0/s1. The van der Waals surface area contributed by atoms with Crippen LogP contribution in [0.3, 0.4) is 0 Å². The molecule has 1 aliphatic heterocycles. The minimum absolute atomic E-state index is 0.286. The summed E-state index contributed by atoms with van der Waals surface area (Å²) in [7, 11) is 0. The van der Waals surface area contributed by atoms with Crippen LogP contribution in [-0.2, 0) is 14.3 Å². The van der Waals surface area contributed by atoms with E-state index in [1.807, 2.05) is 0 Å². The fourth-order valence-electron chi connectivity index (χ4n) is 2.17. The zero-order chi connectivity index (χ0) is 17.9. The number of hydrogen-bond donors (Lipinski definition) is 5. The van der Waals surface area contributed by atoms with Gasteiger partial charge >= 0.3 is 5.97 Å². The first-order valence-corrected chi connectivity index (χ1v) is 7.39. The third-order valence-electron chi connectivity index (χ3n) is 3.49. The van der Waals surface area contributed by atoms with Gasteiger partial charge in [0.1, 0.15) is 24.4 Å². The molecule has 1 heterocycles. The van der Waals surface area contributed by atoms with Crippen molar-refractivity contribution in [1.82, 2.24) is 0 Å². The van der Waals surface area contributed by atoms with Crippen LogP contribution in [0.2, 0.25) is 5.02 Å². The third-order valence-corrected chi connectivity index (χ3v) is 3.84. The SMILES string of the molecule is O=C(O)C(=Cc1ccccc1Cl)O[C@H]1O[C@@H](CO)[C@@H](O)[C@@H](O)[C@@H]1O. The Morgan fingerprint density at radius 2 is 1.88 bits per heavy atom. The highest BCUT2D eigenvalue weighted by molar-refractivity contribution is 6.32. The van der Waals surface area contributed by atoms with Gasteiger partial charge in [-0.1, -0.05) is 29.8 Å². The predicted molar refractivity (Wildman–Crippen MR) is 81.9 cm³/mol. The quantitative estimate of drug-likeness (QED) is 0.353. The molecule has 9 heteroatoms. The molecular formula is C15H17ClO8. The Balaban J connectivity index is 2.24. The number of benzene rings is 1. The number of halogens is 1. The van der Waals surface area contributed by atoms with Crippen LogP contribution in [0.5, 0.6) is 0 Å². The second-order valence-corrected chi connectivity index (χ2v) is 5.56. The highest BCUT2D eigenvalue weighted by atomic mass is 35.5. The Labute approximate surface area is 142 Å². The molecule has 1 aromatic carbocycles. The Morgan fingerprint density at radius 1 is 1.21 bits per heavy atom. The molecule has 1 aromatic rings. The summed E-state index contributed by atoms with van der Waals surface area (Å²) < 4.78 is 10.2. The Morgan fingerprint density at radius 3 is 2.46 bits per heavy atom. The minimum Gasteiger partial charge on any atom is -0.475 e. The molecule has 2 rings (SSSR count). The number of aliphatic hydroxyl groups excluding tert-OH is 4. The van der Waals surface area contributed by atoms with Gasteiger partial charge in [0.05, 0.1) is 6.61 Å². The Kier molecular flexibility index (Phi) is 6.16. The molecule has 0 saturated carbocycles. The molecule has 1 saturated heterocycles. The molecule has 0 unspecified atom stereocenters. The molecule has 1 fully saturated rings. The molecule has 24 heavy (non-hydrogen) atoms. The second kappa shape index (κ2) is 7.93. The molecule has 1 aliphatic rings. The van der Waals surface area contributed by atoms with Crippen LogP contribution < -0.4 is 0 Å². The van der Waals surface area contributed by atoms with Gasteiger partial charge in [-0.3, -0.25) is 0 Å². The minimum atomic E-state index is -1.71. The van der Waals surface area contributed by atoms with Gasteiger partial charge < -0.3 is 35.0 Å². The zero-order valence-electron chi connectivity index (χ0n) is 12.3. The van der Waals surface area contributed by atoms with Crippen LogP contribution in [-0.4, -0.2) is 68.8 Å². The average molecular weight is 361 g/mol. The van der Waals surface area contributed by atoms with E-state index < -0.39 is 49.0 Å². The second-order valence-electron chi connectivity index (χ2n) is 5.15. The molecule has 0 radical (unpaired) electrons. The number of carboxylic acids is 1. The molecule has 0 amide bonds. The summed E-state index contributed by atoms with van der Waals surface area (Å²) in [6, 6.07) is 6.42. The van der Waals surface area contributed by atoms with E-state index >= 15 is 0 Å². The first-order valence-electron chi connectivity index (χ1n) is 7.02. The number of aliphatic carboxylic acids is 1. The van der Waals surface area contributed by atoms with E-state index in [-0.39, 0.29) is 5.02 Å². The molecule has 0 bridgehead atoms. The van der Waals surface area contributed by atoms with Gasteiger partial charge in [0.15, 0.2) is 0 Å². The molecule has 5 atom stereocenters. The number of ether oxygens (including phenoxy) is 2. The molecular weight excluding hydrogens is 344 g/mol. The topological polar surface area (TPSA) is 137 Å². The Bertz CT molecular complexity index is 617. The van der Waals surface area contributed by atoms with Crippen molar-refractivity contribution in [2.75, 3.05) is 6.61 Å². The molecule has 132 valence electrons. The van der Waals surface area contributed by atoms with Crippen LogP contribution >= 0.6 is 11.6 Å². The van der Waals surface area contributed by atoms with Crippen LogP contribution in [0.4, 0.5) is 0 Å². The van der Waals surface area contributed by atoms with Crippen LogP contribution in [0.15, 0.2) is 30.0 Å². The maximum Gasteiger partial charge on any atom is 0.371 e. The van der Waals surface area contributed by atoms with Gasteiger partial charge in [-0.05, 0) is 17.7 Å². The lowest BCUT2D eigenvalue weighted by atomic mass is 9.99. The highest BCUT2D eigenvalue weighted by Gasteiger charge is 2.45. The van der Waals surface area contributed by atoms with E-state index in [1.165, 1.54) is 0 Å². The number of carboxylic acid groups (broad SMARTS) is 1. The molecule has 0 aliphatic carbocycles. The maximum atomic E-state index is 11.4. The summed E-state index contributed by atoms with van der Waals surface area (Å²) in [6.07, 6.45) is -6.61. The van der Waals surface area contributed by atoms with E-state index in [1.54, 1.807) is 24.3 Å². The Hall–Kier alpha value is -1.68. The van der Waals surface area contributed by atoms with Crippen LogP contribution in [0.25, 0.3) is 6.08 Å². The van der Waals surface area contributed by atoms with Gasteiger partial charge in [-0.15, -0.1) is 0 Å². The monoisotopic (exact) mass is 360 g/mol. The van der Waals surface area contributed by atoms with Crippen molar-refractivity contribution >= 4 is 23.6 Å². The summed E-state index contributed by atoms with van der Waals surface area (Å²) >= 11 is 5.95. The summed E-state index contributed by atoms with van der Waals surface area (Å²) in [5.74, 6) is -2.04. The van der Waals surface area contributed by atoms with Crippen LogP contribution in [0, 0.1) is 0 Å². The number of rotatable bonds is 5. The van der Waals surface area contributed by atoms with Crippen molar-refractivity contribution in [1.29, 1.82) is 0 Å². The van der Waals surface area contributed by atoms with E-state index in [2.05, 4.69) is 0 Å². The molecule has 5 N–H and O–H groups in total. The van der Waals surface area contributed by atoms with Crippen molar-refractivity contribution in [3.05, 3.63) is 40.6 Å². The van der Waals surface area contributed by atoms with Gasteiger partial charge in [0.25, 0.3) is 0 Å². The lowest BCUT2D eigenvalue weighted by Gasteiger charge is -2.39. The van der Waals surface area contributed by atoms with Crippen molar-refractivity contribution in [3.63, 3.8) is 0 Å². The smallest absolute Gasteiger partial charge is 0.371 e. The van der Waals surface area contributed by atoms with Gasteiger partial charge in [0.2, 0.25) is 12.0 Å². The fraction of sp³-hybridized carbons (Fsp3) is 0.400. The van der Waals surface area contributed by atoms with Crippen LogP contribution in [0.1, 0.15) is 5.56 Å². The van der Waals surface area contributed by atoms with Crippen molar-refractivity contribution in [3.8, 4) is 0 Å². The van der Waals surface area contributed by atoms with Gasteiger partial charge in [-0.25, -0.2) is 4.79 Å². The van der Waals surface area contributed by atoms with Crippen molar-refractivity contribution < 1.29 is 39.8 Å². The first-order chi connectivity index (χ1) is 11.3. The van der Waals surface area contributed by atoms with E-state index in [0.717, 1.165) is 6.08 Å². The van der Waals surface area contributed by atoms with Gasteiger partial charge in [-0.2, -0.15) is 0 Å². The van der Waals surface area contributed by atoms with E-state index in [9.17, 15) is 25.2 Å². The number of carbonyl (C=O) groups is 1. The molecule has 0 spiro atoms. The summed E-state index contributed by atoms with van der Waals surface area (Å²) in [6.45, 7) is -0.651. The molecule has 8 nitrogen and oxygen atoms in total. The maximum absolute atomic E-state index is 11.4. The average Bonchev–Trinajstić information content (AvgIpc) is 2.56. The fourth-order valence-corrected chi connectivity index (χ4v) is 2.36. The predicted octanol–water partition coefficient (Wildman–Crippen LogP) is -0.418. The summed E-state index contributed by atoms with van der Waals surface area (Å²) in [5.41, 5.74) is 0.362. The summed E-state index contributed by atoms with van der Waals surface area (Å²) in [4.78, 5) is 11.4. The lowest BCUT2D eigenvalue weighted by Crippen LogP contribution is -2.59. The largest absolute Gasteiger partial charge is 0.475 e. The lowest BCUT2D eigenvalue weighted by molar-refractivity contribution is -0.291. The van der Waals surface area contributed by atoms with Crippen molar-refractivity contribution in [2.24, 2.45) is 0 Å². The molecule has 0 aromatic heterocycles. The third kappa shape index (κ3) is 4.04. The van der Waals surface area contributed by atoms with Gasteiger partial charge in [0, 0.05) is 5.02 Å². The zero-order valence-corrected chi connectivity index (χ0v) is 13.1. The normalized spacial score (nSPS) is 30.9. The van der Waals surface area contributed by atoms with E-state index in [0.29, 0.717) is 5.56 Å². The van der Waals surface area contributed by atoms with Crippen molar-refractivity contribution in [2.45, 2.75) is 30.7 Å². The van der Waals surface area contributed by atoms with E-state index in [4.69, 9.17) is 26.2 Å². The number of aliphatic hydroxyl groups is 4. The first kappa shape index (κ1) is 18.7.